The van der Waals surface area contributed by atoms with Crippen LogP contribution in [0.1, 0.15) is 49.3 Å². The van der Waals surface area contributed by atoms with Crippen molar-refractivity contribution in [2.24, 2.45) is 11.3 Å². The van der Waals surface area contributed by atoms with E-state index in [0.29, 0.717) is 0 Å². The molecule has 2 fully saturated rings. The molecule has 1 amide bonds. The number of benzene rings is 1. The summed E-state index contributed by atoms with van der Waals surface area (Å²) < 4.78 is 2.02. The molecule has 1 spiro atoms. The van der Waals surface area contributed by atoms with E-state index in [-0.39, 0.29) is 48.1 Å². The second-order valence-electron chi connectivity index (χ2n) is 8.13. The zero-order valence-electron chi connectivity index (χ0n) is 15.9. The van der Waals surface area contributed by atoms with Crippen LogP contribution in [0.3, 0.4) is 0 Å². The molecule has 0 bridgehead atoms. The number of carbonyl (C=O) groups is 1. The molecule has 2 atom stereocenters. The molecular formula is C21H28Cl2N4O. The maximum atomic E-state index is 12.9. The van der Waals surface area contributed by atoms with Gasteiger partial charge in [0.25, 0.3) is 0 Å². The van der Waals surface area contributed by atoms with Gasteiger partial charge in [0.1, 0.15) is 5.82 Å². The van der Waals surface area contributed by atoms with E-state index in [1.165, 1.54) is 11.1 Å². The molecule has 5 nitrogen and oxygen atoms in total. The van der Waals surface area contributed by atoms with E-state index in [0.717, 1.165) is 57.4 Å². The van der Waals surface area contributed by atoms with E-state index in [1.54, 1.807) is 6.20 Å². The third kappa shape index (κ3) is 3.68. The summed E-state index contributed by atoms with van der Waals surface area (Å²) in [5.41, 5.74) is 3.02. The summed E-state index contributed by atoms with van der Waals surface area (Å²) in [6.45, 7) is 2.08. The first kappa shape index (κ1) is 21.2. The van der Waals surface area contributed by atoms with Crippen LogP contribution in [0.5, 0.6) is 0 Å². The van der Waals surface area contributed by atoms with Gasteiger partial charge in [-0.25, -0.2) is 4.68 Å². The first-order valence-corrected chi connectivity index (χ1v) is 9.90. The monoisotopic (exact) mass is 422 g/mol. The van der Waals surface area contributed by atoms with Crippen LogP contribution in [-0.2, 0) is 11.2 Å². The van der Waals surface area contributed by atoms with E-state index in [2.05, 4.69) is 40.0 Å². The number of aryl methyl sites for hydroxylation is 1. The number of rotatable bonds is 3. The van der Waals surface area contributed by atoms with Gasteiger partial charge in [-0.15, -0.1) is 24.8 Å². The van der Waals surface area contributed by atoms with Gasteiger partial charge in [-0.05, 0) is 68.2 Å². The molecule has 1 aromatic carbocycles. The lowest BCUT2D eigenvalue weighted by Crippen LogP contribution is -2.32. The Bertz CT molecular complexity index is 831. The van der Waals surface area contributed by atoms with Crippen molar-refractivity contribution in [3.63, 3.8) is 0 Å². The summed E-state index contributed by atoms with van der Waals surface area (Å²) in [4.78, 5) is 12.9. The van der Waals surface area contributed by atoms with Crippen molar-refractivity contribution in [2.45, 2.75) is 44.6 Å². The van der Waals surface area contributed by atoms with Gasteiger partial charge in [-0.1, -0.05) is 24.3 Å². The summed E-state index contributed by atoms with van der Waals surface area (Å²) in [5.74, 6) is 1.19. The van der Waals surface area contributed by atoms with Crippen LogP contribution in [0, 0.1) is 11.3 Å². The molecule has 2 aromatic rings. The number of hydrogen-bond acceptors (Lipinski definition) is 3. The summed E-state index contributed by atoms with van der Waals surface area (Å²) in [5, 5.41) is 11.2. The van der Waals surface area contributed by atoms with Crippen molar-refractivity contribution in [1.29, 1.82) is 0 Å². The first-order chi connectivity index (χ1) is 12.8. The molecule has 2 N–H and O–H groups in total. The third-order valence-electron chi connectivity index (χ3n) is 6.66. The number of piperidine rings is 1. The lowest BCUT2D eigenvalue weighted by Gasteiger charge is -2.27. The number of fused-ring (bicyclic) bond motifs is 1. The summed E-state index contributed by atoms with van der Waals surface area (Å²) >= 11 is 0. The van der Waals surface area contributed by atoms with Gasteiger partial charge >= 0.3 is 0 Å². The fourth-order valence-corrected chi connectivity index (χ4v) is 5.05. The Morgan fingerprint density at radius 2 is 1.96 bits per heavy atom. The van der Waals surface area contributed by atoms with Crippen LogP contribution in [0.2, 0.25) is 0 Å². The van der Waals surface area contributed by atoms with Gasteiger partial charge in [0, 0.05) is 12.0 Å². The predicted octanol–water partition coefficient (Wildman–Crippen LogP) is 3.98. The van der Waals surface area contributed by atoms with Gasteiger partial charge in [0.15, 0.2) is 0 Å². The molecule has 1 saturated carbocycles. The largest absolute Gasteiger partial charge is 0.317 e. The Kier molecular flexibility index (Phi) is 6.37. The smallest absolute Gasteiger partial charge is 0.229 e. The minimum absolute atomic E-state index is 0. The zero-order valence-corrected chi connectivity index (χ0v) is 17.5. The van der Waals surface area contributed by atoms with Crippen LogP contribution < -0.4 is 10.6 Å². The molecule has 2 aliphatic carbocycles. The molecule has 152 valence electrons. The van der Waals surface area contributed by atoms with Crippen LogP contribution >= 0.6 is 24.8 Å². The number of nitrogens with zero attached hydrogens (tertiary/aromatic N) is 2. The molecule has 2 unspecified atom stereocenters. The minimum Gasteiger partial charge on any atom is -0.317 e. The molecule has 1 aliphatic heterocycles. The molecule has 7 heteroatoms. The topological polar surface area (TPSA) is 59.0 Å². The maximum Gasteiger partial charge on any atom is 0.229 e. The maximum absolute atomic E-state index is 12.9. The fraction of sp³-hybridized carbons (Fsp3) is 0.524. The van der Waals surface area contributed by atoms with Crippen molar-refractivity contribution < 1.29 is 4.79 Å². The molecule has 1 aromatic heterocycles. The number of aromatic nitrogens is 2. The van der Waals surface area contributed by atoms with Crippen LogP contribution in [0.15, 0.2) is 36.5 Å². The summed E-state index contributed by atoms with van der Waals surface area (Å²) in [6.07, 6.45) is 8.46. The van der Waals surface area contributed by atoms with Crippen molar-refractivity contribution in [1.82, 2.24) is 15.1 Å². The number of anilines is 1. The van der Waals surface area contributed by atoms with Crippen molar-refractivity contribution in [3.8, 4) is 0 Å². The third-order valence-corrected chi connectivity index (χ3v) is 6.66. The SMILES string of the molecule is Cl.Cl.O=C(Nc1ccnn1C1CCCc2ccccc21)C1CC12CCNCC2. The lowest BCUT2D eigenvalue weighted by atomic mass is 9.88. The molecule has 28 heavy (non-hydrogen) atoms. The zero-order chi connectivity index (χ0) is 17.6. The quantitative estimate of drug-likeness (QED) is 0.785. The van der Waals surface area contributed by atoms with E-state index in [9.17, 15) is 4.79 Å². The number of amides is 1. The van der Waals surface area contributed by atoms with E-state index < -0.39 is 0 Å². The normalized spacial score (nSPS) is 24.4. The highest BCUT2D eigenvalue weighted by Gasteiger charge is 2.57. The standard InChI is InChI=1S/C21H26N4O.2ClH/c26-20(17-14-21(17)9-12-22-13-10-21)24-19-8-11-23-25(19)18-7-3-5-15-4-1-2-6-16(15)18;;/h1-2,4,6,8,11,17-18,22H,3,5,7,9-10,12-14H2,(H,24,26);2*1H. The van der Waals surface area contributed by atoms with E-state index in [4.69, 9.17) is 0 Å². The molecule has 1 saturated heterocycles. The Balaban J connectivity index is 0.00000112. The second-order valence-corrected chi connectivity index (χ2v) is 8.13. The second kappa shape index (κ2) is 8.44. The summed E-state index contributed by atoms with van der Waals surface area (Å²) in [6, 6.07) is 10.8. The van der Waals surface area contributed by atoms with Gasteiger partial charge < -0.3 is 10.6 Å². The number of nitrogens with one attached hydrogen (secondary N) is 2. The highest BCUT2D eigenvalue weighted by atomic mass is 35.5. The highest BCUT2D eigenvalue weighted by molar-refractivity contribution is 5.94. The number of hydrogen-bond donors (Lipinski definition) is 2. The Morgan fingerprint density at radius 3 is 2.79 bits per heavy atom. The number of carbonyl (C=O) groups excluding carboxylic acids is 1. The molecular weight excluding hydrogens is 395 g/mol. The van der Waals surface area contributed by atoms with E-state index >= 15 is 0 Å². The average molecular weight is 423 g/mol. The van der Waals surface area contributed by atoms with Gasteiger partial charge in [0.2, 0.25) is 5.91 Å². The van der Waals surface area contributed by atoms with Gasteiger partial charge in [-0.2, -0.15) is 5.10 Å². The van der Waals surface area contributed by atoms with Crippen molar-refractivity contribution in [2.75, 3.05) is 18.4 Å². The lowest BCUT2D eigenvalue weighted by molar-refractivity contribution is -0.118. The van der Waals surface area contributed by atoms with Crippen molar-refractivity contribution >= 4 is 36.5 Å². The van der Waals surface area contributed by atoms with Crippen LogP contribution in [0.25, 0.3) is 0 Å². The van der Waals surface area contributed by atoms with Crippen LogP contribution in [0.4, 0.5) is 5.82 Å². The Hall–Kier alpha value is -1.56. The van der Waals surface area contributed by atoms with Gasteiger partial charge in [0.05, 0.1) is 12.2 Å². The van der Waals surface area contributed by atoms with Crippen molar-refractivity contribution in [3.05, 3.63) is 47.7 Å². The molecule has 2 heterocycles. The predicted molar refractivity (Wildman–Crippen MR) is 116 cm³/mol. The van der Waals surface area contributed by atoms with Crippen LogP contribution in [-0.4, -0.2) is 28.8 Å². The Labute approximate surface area is 178 Å². The Morgan fingerprint density at radius 1 is 1.18 bits per heavy atom. The van der Waals surface area contributed by atoms with E-state index in [1.807, 2.05) is 10.7 Å². The minimum atomic E-state index is 0. The molecule has 0 radical (unpaired) electrons. The number of halogens is 2. The highest BCUT2D eigenvalue weighted by Crippen LogP contribution is 2.58. The average Bonchev–Trinajstić information content (AvgIpc) is 3.17. The molecule has 3 aliphatic rings. The van der Waals surface area contributed by atoms with Gasteiger partial charge in [-0.3, -0.25) is 4.79 Å². The first-order valence-electron chi connectivity index (χ1n) is 9.90. The molecule has 5 rings (SSSR count). The summed E-state index contributed by atoms with van der Waals surface area (Å²) in [7, 11) is 0. The fourth-order valence-electron chi connectivity index (χ4n) is 5.05.